The molecule has 0 aromatic heterocycles. The molecule has 0 fully saturated rings. The average molecular weight is 303 g/mol. The number of benzene rings is 1. The molecule has 1 atom stereocenters. The van der Waals surface area contributed by atoms with Gasteiger partial charge in [0.1, 0.15) is 5.75 Å². The van der Waals surface area contributed by atoms with Gasteiger partial charge in [0.15, 0.2) is 6.29 Å². The summed E-state index contributed by atoms with van der Waals surface area (Å²) in [5.74, 6) is 0.155. The lowest BCUT2D eigenvalue weighted by atomic mass is 10.1. The monoisotopic (exact) mass is 303 g/mol. The molecule has 1 aromatic carbocycles. The fraction of sp³-hybridized carbons (Fsp3) is 0.600. The number of rotatable bonds is 10. The molecule has 1 N–H and O–H groups in total. The van der Waals surface area contributed by atoms with Crippen molar-refractivity contribution in [2.45, 2.75) is 39.7 Å². The highest BCUT2D eigenvalue weighted by Crippen LogP contribution is 2.19. The second-order valence-corrected chi connectivity index (χ2v) is 4.42. The van der Waals surface area contributed by atoms with Crippen LogP contribution >= 0.6 is 0 Å². The standard InChI is InChI=1S/C15H23F2NO3/c1-4-19-14(20-5-2)10-18-11(3)12-6-8-13(9-7-12)21-15(16)17/h6-9,11,14-15,18H,4-5,10H2,1-3H3. The third kappa shape index (κ3) is 6.84. The lowest BCUT2D eigenvalue weighted by Gasteiger charge is -2.21. The number of ether oxygens (including phenoxy) is 3. The first-order valence-electron chi connectivity index (χ1n) is 7.08. The van der Waals surface area contributed by atoms with Crippen molar-refractivity contribution in [3.63, 3.8) is 0 Å². The van der Waals surface area contributed by atoms with Gasteiger partial charge in [0.2, 0.25) is 0 Å². The molecule has 21 heavy (non-hydrogen) atoms. The fourth-order valence-electron chi connectivity index (χ4n) is 1.87. The number of hydrogen-bond acceptors (Lipinski definition) is 4. The van der Waals surface area contributed by atoms with Crippen LogP contribution in [0.2, 0.25) is 0 Å². The van der Waals surface area contributed by atoms with Crippen molar-refractivity contribution in [2.75, 3.05) is 19.8 Å². The van der Waals surface area contributed by atoms with Crippen molar-refractivity contribution in [3.8, 4) is 5.75 Å². The van der Waals surface area contributed by atoms with Gasteiger partial charge in [-0.15, -0.1) is 0 Å². The zero-order valence-electron chi connectivity index (χ0n) is 12.6. The Morgan fingerprint density at radius 1 is 1.05 bits per heavy atom. The van der Waals surface area contributed by atoms with Crippen molar-refractivity contribution >= 4 is 0 Å². The van der Waals surface area contributed by atoms with Crippen LogP contribution in [-0.4, -0.2) is 32.7 Å². The summed E-state index contributed by atoms with van der Waals surface area (Å²) in [5, 5.41) is 3.29. The minimum Gasteiger partial charge on any atom is -0.435 e. The van der Waals surface area contributed by atoms with Crippen LogP contribution in [-0.2, 0) is 9.47 Å². The molecule has 0 saturated heterocycles. The molecular weight excluding hydrogens is 280 g/mol. The van der Waals surface area contributed by atoms with E-state index in [0.717, 1.165) is 5.56 Å². The van der Waals surface area contributed by atoms with Crippen LogP contribution in [0.4, 0.5) is 8.78 Å². The third-order valence-electron chi connectivity index (χ3n) is 2.90. The highest BCUT2D eigenvalue weighted by molar-refractivity contribution is 5.28. The summed E-state index contributed by atoms with van der Waals surface area (Å²) >= 11 is 0. The Kier molecular flexibility index (Phi) is 8.19. The Morgan fingerprint density at radius 2 is 1.62 bits per heavy atom. The molecule has 0 aliphatic rings. The van der Waals surface area contributed by atoms with E-state index >= 15 is 0 Å². The zero-order valence-corrected chi connectivity index (χ0v) is 12.6. The molecule has 0 radical (unpaired) electrons. The molecule has 0 aliphatic heterocycles. The molecule has 1 rings (SSSR count). The maximum Gasteiger partial charge on any atom is 0.387 e. The predicted octanol–water partition coefficient (Wildman–Crippen LogP) is 3.34. The lowest BCUT2D eigenvalue weighted by molar-refractivity contribution is -0.133. The third-order valence-corrected chi connectivity index (χ3v) is 2.90. The van der Waals surface area contributed by atoms with E-state index in [2.05, 4.69) is 10.1 Å². The molecule has 120 valence electrons. The number of halogens is 2. The van der Waals surface area contributed by atoms with E-state index in [9.17, 15) is 8.78 Å². The molecule has 0 saturated carbocycles. The molecule has 0 bridgehead atoms. The average Bonchev–Trinajstić information content (AvgIpc) is 2.45. The second-order valence-electron chi connectivity index (χ2n) is 4.42. The van der Waals surface area contributed by atoms with Crippen LogP contribution < -0.4 is 10.1 Å². The number of hydrogen-bond donors (Lipinski definition) is 1. The van der Waals surface area contributed by atoms with Crippen LogP contribution in [0.3, 0.4) is 0 Å². The summed E-state index contributed by atoms with van der Waals surface area (Å²) in [7, 11) is 0. The van der Waals surface area contributed by atoms with Gasteiger partial charge in [0, 0.05) is 25.8 Å². The second kappa shape index (κ2) is 9.65. The van der Waals surface area contributed by atoms with E-state index in [-0.39, 0.29) is 18.1 Å². The summed E-state index contributed by atoms with van der Waals surface area (Å²) in [6.07, 6.45) is -0.288. The summed E-state index contributed by atoms with van der Waals surface area (Å²) in [4.78, 5) is 0. The zero-order chi connectivity index (χ0) is 15.7. The van der Waals surface area contributed by atoms with E-state index in [0.29, 0.717) is 19.8 Å². The van der Waals surface area contributed by atoms with Gasteiger partial charge in [-0.05, 0) is 38.5 Å². The molecule has 4 nitrogen and oxygen atoms in total. The molecule has 0 aliphatic carbocycles. The first-order chi connectivity index (χ1) is 10.1. The highest BCUT2D eigenvalue weighted by atomic mass is 19.3. The van der Waals surface area contributed by atoms with E-state index in [1.54, 1.807) is 12.1 Å². The van der Waals surface area contributed by atoms with Gasteiger partial charge in [0.05, 0.1) is 0 Å². The molecule has 1 aromatic rings. The predicted molar refractivity (Wildman–Crippen MR) is 76.5 cm³/mol. The van der Waals surface area contributed by atoms with Crippen molar-refractivity contribution in [3.05, 3.63) is 29.8 Å². The maximum absolute atomic E-state index is 12.1. The van der Waals surface area contributed by atoms with Crippen LogP contribution in [0.25, 0.3) is 0 Å². The van der Waals surface area contributed by atoms with E-state index in [1.165, 1.54) is 12.1 Å². The molecular formula is C15H23F2NO3. The summed E-state index contributed by atoms with van der Waals surface area (Å²) in [6, 6.07) is 6.62. The Labute approximate surface area is 124 Å². The Balaban J connectivity index is 2.48. The fourth-order valence-corrected chi connectivity index (χ4v) is 1.87. The van der Waals surface area contributed by atoms with Crippen LogP contribution in [0.5, 0.6) is 5.75 Å². The Morgan fingerprint density at radius 3 is 2.10 bits per heavy atom. The SMILES string of the molecule is CCOC(CNC(C)c1ccc(OC(F)F)cc1)OCC. The minimum atomic E-state index is -2.80. The summed E-state index contributed by atoms with van der Waals surface area (Å²) in [6.45, 7) is 4.73. The van der Waals surface area contributed by atoms with Gasteiger partial charge in [-0.1, -0.05) is 12.1 Å². The normalized spacial score (nSPS) is 12.9. The highest BCUT2D eigenvalue weighted by Gasteiger charge is 2.11. The maximum atomic E-state index is 12.1. The van der Waals surface area contributed by atoms with Crippen LogP contribution in [0.15, 0.2) is 24.3 Å². The molecule has 0 spiro atoms. The first-order valence-corrected chi connectivity index (χ1v) is 7.08. The Bertz CT molecular complexity index is 381. The summed E-state index contributed by atoms with van der Waals surface area (Å²) in [5.41, 5.74) is 0.975. The van der Waals surface area contributed by atoms with Crippen molar-refractivity contribution in [1.82, 2.24) is 5.32 Å². The van der Waals surface area contributed by atoms with Gasteiger partial charge in [-0.2, -0.15) is 8.78 Å². The molecule has 6 heteroatoms. The molecule has 1 unspecified atom stereocenters. The van der Waals surface area contributed by atoms with Crippen molar-refractivity contribution in [2.24, 2.45) is 0 Å². The number of alkyl halides is 2. The van der Waals surface area contributed by atoms with Gasteiger partial charge in [-0.25, -0.2) is 0 Å². The quantitative estimate of drug-likeness (QED) is 0.673. The van der Waals surface area contributed by atoms with E-state index < -0.39 is 6.61 Å². The van der Waals surface area contributed by atoms with Gasteiger partial charge >= 0.3 is 6.61 Å². The largest absolute Gasteiger partial charge is 0.435 e. The lowest BCUT2D eigenvalue weighted by Crippen LogP contribution is -2.33. The molecule has 0 heterocycles. The molecule has 0 amide bonds. The van der Waals surface area contributed by atoms with E-state index in [4.69, 9.17) is 9.47 Å². The minimum absolute atomic E-state index is 0.0500. The van der Waals surface area contributed by atoms with Crippen LogP contribution in [0, 0.1) is 0 Å². The summed E-state index contributed by atoms with van der Waals surface area (Å²) < 4.78 is 39.3. The van der Waals surface area contributed by atoms with E-state index in [1.807, 2.05) is 20.8 Å². The van der Waals surface area contributed by atoms with Gasteiger partial charge in [-0.3, -0.25) is 0 Å². The Hall–Kier alpha value is -1.24. The van der Waals surface area contributed by atoms with Gasteiger partial charge in [0.25, 0.3) is 0 Å². The van der Waals surface area contributed by atoms with Crippen LogP contribution in [0.1, 0.15) is 32.4 Å². The smallest absolute Gasteiger partial charge is 0.387 e. The van der Waals surface area contributed by atoms with Crippen molar-refractivity contribution in [1.29, 1.82) is 0 Å². The topological polar surface area (TPSA) is 39.7 Å². The van der Waals surface area contributed by atoms with Crippen molar-refractivity contribution < 1.29 is 23.0 Å². The van der Waals surface area contributed by atoms with Gasteiger partial charge < -0.3 is 19.5 Å². The first kappa shape index (κ1) is 17.8. The number of nitrogens with one attached hydrogen (secondary N) is 1.